The number of rotatable bonds is 4. The van der Waals surface area contributed by atoms with Crippen molar-refractivity contribution in [1.82, 2.24) is 4.98 Å². The first-order valence-corrected chi connectivity index (χ1v) is 9.75. The van der Waals surface area contributed by atoms with Crippen LogP contribution in [0, 0.1) is 0 Å². The number of ether oxygens (including phenoxy) is 1. The fourth-order valence-corrected chi connectivity index (χ4v) is 3.83. The van der Waals surface area contributed by atoms with Gasteiger partial charge in [-0.25, -0.2) is 4.79 Å². The number of aliphatic imine (C=N–C) groups is 1. The Kier molecular flexibility index (Phi) is 4.45. The number of nitrogens with zero attached hydrogens (tertiary/aromatic N) is 1. The highest BCUT2D eigenvalue weighted by molar-refractivity contribution is 6.16. The van der Waals surface area contributed by atoms with E-state index in [4.69, 9.17) is 9.73 Å². The van der Waals surface area contributed by atoms with Gasteiger partial charge in [-0.3, -0.25) is 4.99 Å². The van der Waals surface area contributed by atoms with Crippen LogP contribution in [-0.2, 0) is 17.8 Å². The molecule has 0 saturated carbocycles. The second-order valence-corrected chi connectivity index (χ2v) is 7.14. The predicted molar refractivity (Wildman–Crippen MR) is 115 cm³/mol. The zero-order chi connectivity index (χ0) is 19.6. The maximum absolute atomic E-state index is 12.4. The number of aromatic nitrogens is 1. The summed E-state index contributed by atoms with van der Waals surface area (Å²) in [4.78, 5) is 20.6. The summed E-state index contributed by atoms with van der Waals surface area (Å²) in [6, 6.07) is 25.5. The maximum atomic E-state index is 12.4. The standard InChI is InChI=1S/C25H20N2O2/c28-25(29-16-17-6-2-1-3-7-17)19-12-10-18(11-13-19)23-24-21(14-15-26-23)20-8-4-5-9-22(20)27-24/h1-13,27H,14-16H2. The van der Waals surface area contributed by atoms with Crippen LogP contribution in [-0.4, -0.2) is 23.2 Å². The van der Waals surface area contributed by atoms with Crippen molar-refractivity contribution in [1.29, 1.82) is 0 Å². The highest BCUT2D eigenvalue weighted by atomic mass is 16.5. The number of esters is 1. The van der Waals surface area contributed by atoms with Crippen molar-refractivity contribution in [2.75, 3.05) is 6.54 Å². The normalized spacial score (nSPS) is 13.0. The van der Waals surface area contributed by atoms with E-state index < -0.39 is 0 Å². The van der Waals surface area contributed by atoms with Crippen molar-refractivity contribution in [2.45, 2.75) is 13.0 Å². The van der Waals surface area contributed by atoms with Gasteiger partial charge >= 0.3 is 5.97 Å². The number of hydrogen-bond acceptors (Lipinski definition) is 3. The molecule has 1 N–H and O–H groups in total. The summed E-state index contributed by atoms with van der Waals surface area (Å²) in [5.74, 6) is -0.322. The first-order valence-electron chi connectivity index (χ1n) is 9.75. The molecule has 4 aromatic rings. The van der Waals surface area contributed by atoms with Gasteiger partial charge < -0.3 is 9.72 Å². The number of benzene rings is 3. The molecule has 0 amide bonds. The van der Waals surface area contributed by atoms with Crippen LogP contribution in [0.3, 0.4) is 0 Å². The van der Waals surface area contributed by atoms with Gasteiger partial charge in [0.05, 0.1) is 17.0 Å². The molecule has 2 heterocycles. The SMILES string of the molecule is O=C(OCc1ccccc1)c1ccc(C2=NCCc3c2[nH]c2ccccc32)cc1. The van der Waals surface area contributed by atoms with E-state index in [9.17, 15) is 4.79 Å². The van der Waals surface area contributed by atoms with E-state index in [2.05, 4.69) is 23.2 Å². The molecule has 0 saturated heterocycles. The summed E-state index contributed by atoms with van der Waals surface area (Å²) >= 11 is 0. The minimum Gasteiger partial charge on any atom is -0.457 e. The van der Waals surface area contributed by atoms with Gasteiger partial charge in [0.2, 0.25) is 0 Å². The number of nitrogens with one attached hydrogen (secondary N) is 1. The molecule has 0 unspecified atom stereocenters. The van der Waals surface area contributed by atoms with E-state index in [-0.39, 0.29) is 12.6 Å². The minimum atomic E-state index is -0.322. The van der Waals surface area contributed by atoms with Crippen LogP contribution < -0.4 is 0 Å². The third kappa shape index (κ3) is 3.34. The average Bonchev–Trinajstić information content (AvgIpc) is 3.17. The number of fused-ring (bicyclic) bond motifs is 3. The number of carbonyl (C=O) groups is 1. The van der Waals surface area contributed by atoms with Gasteiger partial charge in [-0.2, -0.15) is 0 Å². The van der Waals surface area contributed by atoms with Gasteiger partial charge in [0, 0.05) is 23.0 Å². The summed E-state index contributed by atoms with van der Waals surface area (Å²) in [6.07, 6.45) is 0.937. The summed E-state index contributed by atoms with van der Waals surface area (Å²) in [5, 5.41) is 1.26. The molecule has 0 radical (unpaired) electrons. The largest absolute Gasteiger partial charge is 0.457 e. The smallest absolute Gasteiger partial charge is 0.338 e. The molecule has 29 heavy (non-hydrogen) atoms. The molecule has 1 aliphatic rings. The van der Waals surface area contributed by atoms with Crippen LogP contribution in [0.5, 0.6) is 0 Å². The van der Waals surface area contributed by atoms with E-state index >= 15 is 0 Å². The van der Waals surface area contributed by atoms with Crippen molar-refractivity contribution in [3.05, 3.63) is 107 Å². The molecule has 1 aromatic heterocycles. The summed E-state index contributed by atoms with van der Waals surface area (Å²) in [5.41, 5.74) is 6.99. The summed E-state index contributed by atoms with van der Waals surface area (Å²) < 4.78 is 5.42. The average molecular weight is 380 g/mol. The van der Waals surface area contributed by atoms with Crippen LogP contribution in [0.2, 0.25) is 0 Å². The lowest BCUT2D eigenvalue weighted by atomic mass is 9.97. The molecule has 4 nitrogen and oxygen atoms in total. The van der Waals surface area contributed by atoms with Crippen LogP contribution in [0.15, 0.2) is 83.9 Å². The number of hydrogen-bond donors (Lipinski definition) is 1. The van der Waals surface area contributed by atoms with Crippen molar-refractivity contribution >= 4 is 22.6 Å². The third-order valence-corrected chi connectivity index (χ3v) is 5.29. The molecular weight excluding hydrogens is 360 g/mol. The van der Waals surface area contributed by atoms with Crippen LogP contribution in [0.25, 0.3) is 10.9 Å². The third-order valence-electron chi connectivity index (χ3n) is 5.29. The Labute approximate surface area is 168 Å². The number of aromatic amines is 1. The highest BCUT2D eigenvalue weighted by Crippen LogP contribution is 2.28. The molecule has 0 atom stereocenters. The number of carbonyl (C=O) groups excluding carboxylic acids is 1. The van der Waals surface area contributed by atoms with Gasteiger partial charge in [-0.05, 0) is 35.7 Å². The fraction of sp³-hybridized carbons (Fsp3) is 0.120. The maximum Gasteiger partial charge on any atom is 0.338 e. The summed E-state index contributed by atoms with van der Waals surface area (Å²) in [7, 11) is 0. The van der Waals surface area contributed by atoms with Gasteiger partial charge in [0.25, 0.3) is 0 Å². The lowest BCUT2D eigenvalue weighted by Crippen LogP contribution is -2.14. The van der Waals surface area contributed by atoms with Crippen LogP contribution in [0.4, 0.5) is 0 Å². The molecule has 4 heteroatoms. The van der Waals surface area contributed by atoms with Crippen LogP contribution >= 0.6 is 0 Å². The lowest BCUT2D eigenvalue weighted by Gasteiger charge is -2.14. The Hall–Kier alpha value is -3.66. The molecule has 3 aromatic carbocycles. The minimum absolute atomic E-state index is 0.270. The highest BCUT2D eigenvalue weighted by Gasteiger charge is 2.20. The molecular formula is C25H20N2O2. The monoisotopic (exact) mass is 380 g/mol. The predicted octanol–water partition coefficient (Wildman–Crippen LogP) is 4.92. The Balaban J connectivity index is 1.37. The first-order chi connectivity index (χ1) is 14.3. The van der Waals surface area contributed by atoms with Crippen LogP contribution in [0.1, 0.15) is 32.7 Å². The van der Waals surface area contributed by atoms with Crippen molar-refractivity contribution in [3.8, 4) is 0 Å². The Morgan fingerprint density at radius 3 is 2.52 bits per heavy atom. The van der Waals surface area contributed by atoms with Gasteiger partial charge in [0.15, 0.2) is 0 Å². The number of para-hydroxylation sites is 1. The first kappa shape index (κ1) is 17.4. The Bertz CT molecular complexity index is 1200. The van der Waals surface area contributed by atoms with Gasteiger partial charge in [-0.15, -0.1) is 0 Å². The molecule has 142 valence electrons. The van der Waals surface area contributed by atoms with E-state index in [0.29, 0.717) is 5.56 Å². The fourth-order valence-electron chi connectivity index (χ4n) is 3.83. The number of H-pyrrole nitrogens is 1. The topological polar surface area (TPSA) is 54.4 Å². The summed E-state index contributed by atoms with van der Waals surface area (Å²) in [6.45, 7) is 1.04. The zero-order valence-corrected chi connectivity index (χ0v) is 15.9. The molecule has 0 bridgehead atoms. The lowest BCUT2D eigenvalue weighted by molar-refractivity contribution is 0.0472. The van der Waals surface area contributed by atoms with E-state index in [1.54, 1.807) is 0 Å². The van der Waals surface area contributed by atoms with Gasteiger partial charge in [-0.1, -0.05) is 60.7 Å². The van der Waals surface area contributed by atoms with E-state index in [0.717, 1.165) is 41.0 Å². The molecule has 0 fully saturated rings. The second kappa shape index (κ2) is 7.40. The molecule has 0 spiro atoms. The molecule has 5 rings (SSSR count). The molecule has 0 aliphatic carbocycles. The van der Waals surface area contributed by atoms with Gasteiger partial charge in [0.1, 0.15) is 6.61 Å². The van der Waals surface area contributed by atoms with Crippen molar-refractivity contribution in [3.63, 3.8) is 0 Å². The second-order valence-electron chi connectivity index (χ2n) is 7.14. The Morgan fingerprint density at radius 2 is 1.69 bits per heavy atom. The quantitative estimate of drug-likeness (QED) is 0.511. The van der Waals surface area contributed by atoms with E-state index in [1.165, 1.54) is 10.9 Å². The van der Waals surface area contributed by atoms with Crippen molar-refractivity contribution in [2.24, 2.45) is 4.99 Å². The molecule has 1 aliphatic heterocycles. The Morgan fingerprint density at radius 1 is 0.931 bits per heavy atom. The van der Waals surface area contributed by atoms with Crippen molar-refractivity contribution < 1.29 is 9.53 Å². The van der Waals surface area contributed by atoms with E-state index in [1.807, 2.05) is 60.7 Å². The zero-order valence-electron chi connectivity index (χ0n) is 15.9.